The SMILES string of the molecule is CCc1cc(Cl)nc(-c2ccc(OC)c(F)c2)n1. The summed E-state index contributed by atoms with van der Waals surface area (Å²) in [4.78, 5) is 8.41. The van der Waals surface area contributed by atoms with Crippen LogP contribution in [0.5, 0.6) is 5.75 Å². The number of methoxy groups -OCH3 is 1. The Morgan fingerprint density at radius 2 is 2.06 bits per heavy atom. The van der Waals surface area contributed by atoms with Crippen LogP contribution in [0.15, 0.2) is 24.3 Å². The first-order valence-corrected chi connectivity index (χ1v) is 5.89. The summed E-state index contributed by atoms with van der Waals surface area (Å²) < 4.78 is 18.5. The topological polar surface area (TPSA) is 35.0 Å². The third-order valence-electron chi connectivity index (χ3n) is 2.52. The Hall–Kier alpha value is -1.68. The molecule has 0 bridgehead atoms. The smallest absolute Gasteiger partial charge is 0.165 e. The van der Waals surface area contributed by atoms with Crippen LogP contribution < -0.4 is 4.74 Å². The van der Waals surface area contributed by atoms with E-state index >= 15 is 0 Å². The van der Waals surface area contributed by atoms with Crippen molar-refractivity contribution in [1.82, 2.24) is 9.97 Å². The molecule has 1 aromatic carbocycles. The molecule has 5 heteroatoms. The zero-order valence-corrected chi connectivity index (χ0v) is 10.8. The molecule has 0 spiro atoms. The van der Waals surface area contributed by atoms with E-state index in [0.717, 1.165) is 12.1 Å². The predicted molar refractivity (Wildman–Crippen MR) is 68.4 cm³/mol. The van der Waals surface area contributed by atoms with Crippen LogP contribution in [0, 0.1) is 5.82 Å². The molecule has 0 amide bonds. The maximum absolute atomic E-state index is 13.6. The summed E-state index contributed by atoms with van der Waals surface area (Å²) >= 11 is 5.91. The largest absolute Gasteiger partial charge is 0.494 e. The number of aromatic nitrogens is 2. The van der Waals surface area contributed by atoms with Crippen LogP contribution in [-0.4, -0.2) is 17.1 Å². The standard InChI is InChI=1S/C13H12ClFN2O/c1-3-9-7-12(14)17-13(16-9)8-4-5-11(18-2)10(15)6-8/h4-7H,3H2,1-2H3. The molecule has 18 heavy (non-hydrogen) atoms. The second kappa shape index (κ2) is 5.31. The maximum Gasteiger partial charge on any atom is 0.165 e. The summed E-state index contributed by atoms with van der Waals surface area (Å²) in [7, 11) is 1.42. The number of hydrogen-bond acceptors (Lipinski definition) is 3. The van der Waals surface area contributed by atoms with Gasteiger partial charge in [0.15, 0.2) is 17.4 Å². The van der Waals surface area contributed by atoms with Crippen LogP contribution in [0.25, 0.3) is 11.4 Å². The highest BCUT2D eigenvalue weighted by Gasteiger charge is 2.09. The van der Waals surface area contributed by atoms with Crippen molar-refractivity contribution in [3.05, 3.63) is 40.9 Å². The molecular formula is C13H12ClFN2O. The van der Waals surface area contributed by atoms with E-state index in [2.05, 4.69) is 9.97 Å². The van der Waals surface area contributed by atoms with Gasteiger partial charge in [-0.05, 0) is 30.7 Å². The quantitative estimate of drug-likeness (QED) is 0.798. The van der Waals surface area contributed by atoms with Gasteiger partial charge < -0.3 is 4.74 Å². The average molecular weight is 267 g/mol. The number of nitrogens with zero attached hydrogens (tertiary/aromatic N) is 2. The van der Waals surface area contributed by atoms with E-state index in [1.165, 1.54) is 13.2 Å². The number of aryl methyl sites for hydroxylation is 1. The summed E-state index contributed by atoms with van der Waals surface area (Å²) in [6, 6.07) is 6.28. The van der Waals surface area contributed by atoms with Crippen LogP contribution in [0.1, 0.15) is 12.6 Å². The minimum Gasteiger partial charge on any atom is -0.494 e. The van der Waals surface area contributed by atoms with Crippen LogP contribution in [0.4, 0.5) is 4.39 Å². The van der Waals surface area contributed by atoms with E-state index in [-0.39, 0.29) is 5.75 Å². The zero-order chi connectivity index (χ0) is 13.1. The van der Waals surface area contributed by atoms with Crippen molar-refractivity contribution in [1.29, 1.82) is 0 Å². The average Bonchev–Trinajstić information content (AvgIpc) is 2.37. The Morgan fingerprint density at radius 3 is 2.67 bits per heavy atom. The highest BCUT2D eigenvalue weighted by atomic mass is 35.5. The fourth-order valence-corrected chi connectivity index (χ4v) is 1.79. The third-order valence-corrected chi connectivity index (χ3v) is 2.71. The second-order valence-electron chi connectivity index (χ2n) is 3.71. The van der Waals surface area contributed by atoms with Crippen LogP contribution >= 0.6 is 11.6 Å². The van der Waals surface area contributed by atoms with E-state index < -0.39 is 5.82 Å². The Balaban J connectivity index is 2.48. The Labute approximate surface area is 110 Å². The Bertz CT molecular complexity index is 575. The molecule has 0 N–H and O–H groups in total. The molecule has 0 radical (unpaired) electrons. The molecule has 2 rings (SSSR count). The summed E-state index contributed by atoms with van der Waals surface area (Å²) in [5.74, 6) is 0.161. The molecule has 0 aliphatic rings. The summed E-state index contributed by atoms with van der Waals surface area (Å²) in [5, 5.41) is 0.355. The monoisotopic (exact) mass is 266 g/mol. The molecule has 1 heterocycles. The molecule has 0 aliphatic carbocycles. The lowest BCUT2D eigenvalue weighted by atomic mass is 10.2. The van der Waals surface area contributed by atoms with Gasteiger partial charge >= 0.3 is 0 Å². The minimum absolute atomic E-state index is 0.191. The molecular weight excluding hydrogens is 255 g/mol. The number of rotatable bonds is 3. The number of halogens is 2. The normalized spacial score (nSPS) is 10.4. The van der Waals surface area contributed by atoms with Gasteiger partial charge in [-0.3, -0.25) is 0 Å². The van der Waals surface area contributed by atoms with Crippen molar-refractivity contribution < 1.29 is 9.13 Å². The van der Waals surface area contributed by atoms with E-state index in [1.54, 1.807) is 18.2 Å². The van der Waals surface area contributed by atoms with Crippen molar-refractivity contribution >= 4 is 11.6 Å². The number of benzene rings is 1. The van der Waals surface area contributed by atoms with Gasteiger partial charge in [0.1, 0.15) is 5.15 Å². The van der Waals surface area contributed by atoms with E-state index in [1.807, 2.05) is 6.92 Å². The fourth-order valence-electron chi connectivity index (χ4n) is 1.58. The van der Waals surface area contributed by atoms with E-state index in [0.29, 0.717) is 16.5 Å². The van der Waals surface area contributed by atoms with Crippen molar-refractivity contribution in [2.45, 2.75) is 13.3 Å². The fraction of sp³-hybridized carbons (Fsp3) is 0.231. The first-order chi connectivity index (χ1) is 8.63. The van der Waals surface area contributed by atoms with Gasteiger partial charge in [0.2, 0.25) is 0 Å². The van der Waals surface area contributed by atoms with Gasteiger partial charge in [-0.15, -0.1) is 0 Å². The first-order valence-electron chi connectivity index (χ1n) is 5.51. The van der Waals surface area contributed by atoms with Gasteiger partial charge in [0.05, 0.1) is 7.11 Å². The third kappa shape index (κ3) is 2.59. The lowest BCUT2D eigenvalue weighted by molar-refractivity contribution is 0.386. The molecule has 3 nitrogen and oxygen atoms in total. The van der Waals surface area contributed by atoms with E-state index in [9.17, 15) is 4.39 Å². The lowest BCUT2D eigenvalue weighted by Gasteiger charge is -2.06. The van der Waals surface area contributed by atoms with Gasteiger partial charge in [-0.1, -0.05) is 18.5 Å². The first kappa shape index (κ1) is 12.8. The molecule has 0 saturated heterocycles. The van der Waals surface area contributed by atoms with E-state index in [4.69, 9.17) is 16.3 Å². The maximum atomic E-state index is 13.6. The molecule has 1 aromatic heterocycles. The van der Waals surface area contributed by atoms with Crippen molar-refractivity contribution in [3.8, 4) is 17.1 Å². The minimum atomic E-state index is -0.448. The van der Waals surface area contributed by atoms with Crippen LogP contribution in [0.2, 0.25) is 5.15 Å². The zero-order valence-electron chi connectivity index (χ0n) is 10.1. The molecule has 94 valence electrons. The van der Waals surface area contributed by atoms with Crippen molar-refractivity contribution in [2.24, 2.45) is 0 Å². The number of hydrogen-bond donors (Lipinski definition) is 0. The highest BCUT2D eigenvalue weighted by Crippen LogP contribution is 2.24. The van der Waals surface area contributed by atoms with Gasteiger partial charge in [-0.2, -0.15) is 0 Å². The summed E-state index contributed by atoms with van der Waals surface area (Å²) in [5.41, 5.74) is 1.40. The Morgan fingerprint density at radius 1 is 1.28 bits per heavy atom. The van der Waals surface area contributed by atoms with Crippen molar-refractivity contribution in [3.63, 3.8) is 0 Å². The molecule has 0 saturated carbocycles. The molecule has 0 atom stereocenters. The summed E-state index contributed by atoms with van der Waals surface area (Å²) in [6.45, 7) is 1.97. The highest BCUT2D eigenvalue weighted by molar-refractivity contribution is 6.29. The van der Waals surface area contributed by atoms with Crippen molar-refractivity contribution in [2.75, 3.05) is 7.11 Å². The van der Waals surface area contributed by atoms with Crippen LogP contribution in [-0.2, 0) is 6.42 Å². The molecule has 0 unspecified atom stereocenters. The van der Waals surface area contributed by atoms with Crippen LogP contribution in [0.3, 0.4) is 0 Å². The van der Waals surface area contributed by atoms with Gasteiger partial charge in [0, 0.05) is 11.3 Å². The molecule has 0 aliphatic heterocycles. The predicted octanol–water partition coefficient (Wildman–Crippen LogP) is 3.51. The molecule has 0 fully saturated rings. The second-order valence-corrected chi connectivity index (χ2v) is 4.10. The lowest BCUT2D eigenvalue weighted by Crippen LogP contribution is -1.96. The Kier molecular flexibility index (Phi) is 3.77. The van der Waals surface area contributed by atoms with Gasteiger partial charge in [0.25, 0.3) is 0 Å². The summed E-state index contributed by atoms with van der Waals surface area (Å²) in [6.07, 6.45) is 0.744. The number of ether oxygens (including phenoxy) is 1. The van der Waals surface area contributed by atoms with Gasteiger partial charge in [-0.25, -0.2) is 14.4 Å². The molecule has 2 aromatic rings.